The van der Waals surface area contributed by atoms with E-state index in [0.29, 0.717) is 11.1 Å². The Hall–Kier alpha value is -1.64. The Bertz CT molecular complexity index is 389. The summed E-state index contributed by atoms with van der Waals surface area (Å²) < 4.78 is 5.31. The highest BCUT2D eigenvalue weighted by Gasteiger charge is 2.12. The van der Waals surface area contributed by atoms with Gasteiger partial charge in [0.05, 0.1) is 5.56 Å². The number of esters is 1. The molecule has 0 unspecified atom stereocenters. The molecule has 3 nitrogen and oxygen atoms in total. The van der Waals surface area contributed by atoms with E-state index in [0.717, 1.165) is 12.8 Å². The summed E-state index contributed by atoms with van der Waals surface area (Å²) in [5.41, 5.74) is 1.09. The van der Waals surface area contributed by atoms with Gasteiger partial charge in [0.2, 0.25) is 0 Å². The van der Waals surface area contributed by atoms with Crippen molar-refractivity contribution in [3.05, 3.63) is 35.4 Å². The molecular weight excluding hydrogens is 264 g/mol. The van der Waals surface area contributed by atoms with Crippen LogP contribution in [0.5, 0.6) is 0 Å². The number of rotatable bonds is 5. The third-order valence-electron chi connectivity index (χ3n) is 2.71. The molecule has 0 aliphatic rings. The zero-order valence-corrected chi connectivity index (χ0v) is 14.5. The number of ketones is 1. The Morgan fingerprint density at radius 3 is 1.62 bits per heavy atom. The van der Waals surface area contributed by atoms with Crippen molar-refractivity contribution in [1.29, 1.82) is 0 Å². The van der Waals surface area contributed by atoms with Gasteiger partial charge in [-0.2, -0.15) is 0 Å². The molecule has 0 N–H and O–H groups in total. The lowest BCUT2D eigenvalue weighted by Gasteiger charge is -2.13. The summed E-state index contributed by atoms with van der Waals surface area (Å²) >= 11 is 0. The summed E-state index contributed by atoms with van der Waals surface area (Å²) in [4.78, 5) is 22.8. The van der Waals surface area contributed by atoms with Gasteiger partial charge in [-0.05, 0) is 31.9 Å². The molecule has 0 saturated carbocycles. The lowest BCUT2D eigenvalue weighted by atomic mass is 10.1. The van der Waals surface area contributed by atoms with Crippen LogP contribution in [0.2, 0.25) is 0 Å². The Kier molecular flexibility index (Phi) is 13.8. The van der Waals surface area contributed by atoms with Crippen LogP contribution < -0.4 is 0 Å². The van der Waals surface area contributed by atoms with Gasteiger partial charge < -0.3 is 4.74 Å². The average molecular weight is 294 g/mol. The maximum Gasteiger partial charge on any atom is 0.338 e. The van der Waals surface area contributed by atoms with Crippen LogP contribution in [0.15, 0.2) is 24.3 Å². The first-order valence-electron chi connectivity index (χ1n) is 7.90. The summed E-state index contributed by atoms with van der Waals surface area (Å²) in [6.07, 6.45) is 1.59. The van der Waals surface area contributed by atoms with E-state index in [9.17, 15) is 9.59 Å². The zero-order valence-electron chi connectivity index (χ0n) is 14.5. The molecule has 0 atom stereocenters. The maximum absolute atomic E-state index is 11.7. The quantitative estimate of drug-likeness (QED) is 0.547. The third-order valence-corrected chi connectivity index (χ3v) is 2.71. The fraction of sp³-hybridized carbons (Fsp3) is 0.556. The first-order chi connectivity index (χ1) is 10.1. The fourth-order valence-corrected chi connectivity index (χ4v) is 1.52. The molecule has 0 aliphatic heterocycles. The van der Waals surface area contributed by atoms with Gasteiger partial charge in [-0.25, -0.2) is 4.79 Å². The summed E-state index contributed by atoms with van der Waals surface area (Å²) in [6, 6.07) is 6.54. The van der Waals surface area contributed by atoms with Gasteiger partial charge in [0, 0.05) is 5.56 Å². The maximum atomic E-state index is 11.7. The zero-order chi connectivity index (χ0) is 16.8. The molecule has 1 rings (SSSR count). The summed E-state index contributed by atoms with van der Waals surface area (Å²) in [5.74, 6) is -0.335. The number of benzene rings is 1. The second kappa shape index (κ2) is 13.3. The second-order valence-electron chi connectivity index (χ2n) is 3.98. The van der Waals surface area contributed by atoms with Crippen molar-refractivity contribution >= 4 is 11.8 Å². The number of ether oxygens (including phenoxy) is 1. The van der Waals surface area contributed by atoms with Gasteiger partial charge >= 0.3 is 5.97 Å². The largest absolute Gasteiger partial charge is 0.459 e. The van der Waals surface area contributed by atoms with Gasteiger partial charge in [0.25, 0.3) is 0 Å². The molecule has 3 heteroatoms. The minimum Gasteiger partial charge on any atom is -0.459 e. The van der Waals surface area contributed by atoms with Crippen molar-refractivity contribution in [2.45, 2.75) is 67.4 Å². The molecule has 0 fully saturated rings. The van der Waals surface area contributed by atoms with Crippen molar-refractivity contribution < 1.29 is 14.3 Å². The fourth-order valence-electron chi connectivity index (χ4n) is 1.52. The van der Waals surface area contributed by atoms with Crippen LogP contribution in [0.25, 0.3) is 0 Å². The van der Waals surface area contributed by atoms with E-state index >= 15 is 0 Å². The van der Waals surface area contributed by atoms with Gasteiger partial charge in [-0.3, -0.25) is 4.79 Å². The SMILES string of the molecule is CC.CC.CCC(CC)OC(=O)c1ccc(C(C)=O)cc1. The molecule has 120 valence electrons. The topological polar surface area (TPSA) is 43.4 Å². The van der Waals surface area contributed by atoms with Crippen LogP contribution in [0.3, 0.4) is 0 Å². The Labute approximate surface area is 129 Å². The first-order valence-corrected chi connectivity index (χ1v) is 7.90. The van der Waals surface area contributed by atoms with E-state index in [4.69, 9.17) is 4.74 Å². The average Bonchev–Trinajstić information content (AvgIpc) is 2.56. The minimum atomic E-state index is -0.325. The molecule has 0 amide bonds. The summed E-state index contributed by atoms with van der Waals surface area (Å²) in [7, 11) is 0. The van der Waals surface area contributed by atoms with Crippen LogP contribution in [-0.2, 0) is 4.74 Å². The van der Waals surface area contributed by atoms with E-state index in [1.807, 2.05) is 41.5 Å². The third kappa shape index (κ3) is 8.28. The van der Waals surface area contributed by atoms with E-state index in [2.05, 4.69) is 0 Å². The number of hydrogen-bond acceptors (Lipinski definition) is 3. The van der Waals surface area contributed by atoms with E-state index in [-0.39, 0.29) is 17.9 Å². The monoisotopic (exact) mass is 294 g/mol. The molecule has 1 aromatic rings. The van der Waals surface area contributed by atoms with Crippen molar-refractivity contribution in [3.63, 3.8) is 0 Å². The van der Waals surface area contributed by atoms with Crippen LogP contribution in [0.1, 0.15) is 82.0 Å². The normalized spacial score (nSPS) is 8.95. The summed E-state index contributed by atoms with van der Waals surface area (Å²) in [5, 5.41) is 0. The van der Waals surface area contributed by atoms with Gasteiger partial charge in [0.1, 0.15) is 6.10 Å². The van der Waals surface area contributed by atoms with Crippen molar-refractivity contribution in [2.24, 2.45) is 0 Å². The molecule has 0 heterocycles. The van der Waals surface area contributed by atoms with Gasteiger partial charge in [-0.15, -0.1) is 0 Å². The number of hydrogen-bond donors (Lipinski definition) is 0. The number of carbonyl (C=O) groups excluding carboxylic acids is 2. The Balaban J connectivity index is 0. The molecular formula is C18H30O3. The molecule has 21 heavy (non-hydrogen) atoms. The molecule has 0 spiro atoms. The number of carbonyl (C=O) groups is 2. The van der Waals surface area contributed by atoms with Gasteiger partial charge in [-0.1, -0.05) is 53.7 Å². The van der Waals surface area contributed by atoms with Crippen LogP contribution in [0, 0.1) is 0 Å². The van der Waals surface area contributed by atoms with Crippen LogP contribution >= 0.6 is 0 Å². The summed E-state index contributed by atoms with van der Waals surface area (Å²) in [6.45, 7) is 13.5. The predicted molar refractivity (Wildman–Crippen MR) is 88.9 cm³/mol. The Morgan fingerprint density at radius 1 is 0.905 bits per heavy atom. The van der Waals surface area contributed by atoms with Crippen LogP contribution in [0.4, 0.5) is 0 Å². The van der Waals surface area contributed by atoms with E-state index < -0.39 is 0 Å². The van der Waals surface area contributed by atoms with Crippen molar-refractivity contribution in [2.75, 3.05) is 0 Å². The molecule has 1 aromatic carbocycles. The Morgan fingerprint density at radius 2 is 1.29 bits per heavy atom. The highest BCUT2D eigenvalue weighted by Crippen LogP contribution is 2.10. The van der Waals surface area contributed by atoms with Crippen molar-refractivity contribution in [1.82, 2.24) is 0 Å². The molecule has 0 saturated heterocycles. The van der Waals surface area contributed by atoms with E-state index in [1.54, 1.807) is 24.3 Å². The molecule has 0 aliphatic carbocycles. The second-order valence-corrected chi connectivity index (χ2v) is 3.98. The van der Waals surface area contributed by atoms with Gasteiger partial charge in [0.15, 0.2) is 5.78 Å². The lowest BCUT2D eigenvalue weighted by Crippen LogP contribution is -2.16. The predicted octanol–water partition coefficient (Wildman–Crippen LogP) is 5.29. The molecule has 0 radical (unpaired) electrons. The highest BCUT2D eigenvalue weighted by molar-refractivity contribution is 5.96. The van der Waals surface area contributed by atoms with E-state index in [1.165, 1.54) is 6.92 Å². The molecule has 0 aromatic heterocycles. The number of Topliss-reactive ketones (excluding diaryl/α,β-unsaturated/α-hetero) is 1. The standard InChI is InChI=1S/C14H18O3.2C2H6/c1-4-13(5-2)17-14(16)12-8-6-11(7-9-12)10(3)15;2*1-2/h6-9,13H,4-5H2,1-3H3;2*1-2H3. The smallest absolute Gasteiger partial charge is 0.338 e. The minimum absolute atomic E-state index is 0.00934. The molecule has 0 bridgehead atoms. The lowest BCUT2D eigenvalue weighted by molar-refractivity contribution is 0.0284. The highest BCUT2D eigenvalue weighted by atomic mass is 16.5. The van der Waals surface area contributed by atoms with Crippen molar-refractivity contribution in [3.8, 4) is 0 Å². The first kappa shape index (κ1) is 21.7. The van der Waals surface area contributed by atoms with Crippen LogP contribution in [-0.4, -0.2) is 17.9 Å².